The van der Waals surface area contributed by atoms with Crippen molar-refractivity contribution in [2.75, 3.05) is 0 Å². The van der Waals surface area contributed by atoms with Crippen molar-refractivity contribution in [3.05, 3.63) is 71.0 Å². The zero-order valence-corrected chi connectivity index (χ0v) is 11.6. The molecule has 1 atom stereocenters. The lowest BCUT2D eigenvalue weighted by Crippen LogP contribution is -2.20. The van der Waals surface area contributed by atoms with E-state index >= 15 is 0 Å². The molecule has 3 heteroatoms. The quantitative estimate of drug-likeness (QED) is 0.843. The second-order valence-electron chi connectivity index (χ2n) is 4.87. The Morgan fingerprint density at radius 3 is 2.55 bits per heavy atom. The summed E-state index contributed by atoms with van der Waals surface area (Å²) >= 11 is 0. The molecular weight excluding hydrogens is 253 g/mol. The fourth-order valence-corrected chi connectivity index (χ4v) is 2.30. The highest BCUT2D eigenvalue weighted by molar-refractivity contribution is 5.24. The Balaban J connectivity index is 2.03. The maximum atomic E-state index is 13.3. The topological polar surface area (TPSA) is 32.3 Å². The van der Waals surface area contributed by atoms with E-state index < -0.39 is 0 Å². The lowest BCUT2D eigenvalue weighted by Gasteiger charge is -2.18. The van der Waals surface area contributed by atoms with E-state index in [0.29, 0.717) is 6.54 Å². The maximum absolute atomic E-state index is 13.3. The standard InChI is InChI=1S/C17H20FNO/c1-2-17(15-7-4-8-16(18)10-15)19-11-13-5-3-6-14(9-13)12-20/h3-10,17,19-20H,2,11-12H2,1H3. The van der Waals surface area contributed by atoms with Gasteiger partial charge in [-0.15, -0.1) is 0 Å². The highest BCUT2D eigenvalue weighted by Gasteiger charge is 2.09. The second-order valence-corrected chi connectivity index (χ2v) is 4.87. The Morgan fingerprint density at radius 2 is 1.85 bits per heavy atom. The predicted octanol–water partition coefficient (Wildman–Crippen LogP) is 3.56. The summed E-state index contributed by atoms with van der Waals surface area (Å²) in [5.74, 6) is -0.204. The second kappa shape index (κ2) is 7.17. The Labute approximate surface area is 119 Å². The van der Waals surface area contributed by atoms with Gasteiger partial charge in [0.05, 0.1) is 6.61 Å². The van der Waals surface area contributed by atoms with Gasteiger partial charge in [-0.25, -0.2) is 4.39 Å². The monoisotopic (exact) mass is 273 g/mol. The number of benzene rings is 2. The molecule has 2 aromatic rings. The lowest BCUT2D eigenvalue weighted by molar-refractivity contribution is 0.281. The number of hydrogen-bond acceptors (Lipinski definition) is 2. The van der Waals surface area contributed by atoms with E-state index in [4.69, 9.17) is 5.11 Å². The number of aliphatic hydroxyl groups excluding tert-OH is 1. The van der Waals surface area contributed by atoms with Gasteiger partial charge in [0.25, 0.3) is 0 Å². The van der Waals surface area contributed by atoms with Crippen molar-refractivity contribution >= 4 is 0 Å². The van der Waals surface area contributed by atoms with Gasteiger partial charge in [0, 0.05) is 12.6 Å². The zero-order chi connectivity index (χ0) is 14.4. The van der Waals surface area contributed by atoms with Gasteiger partial charge in [-0.2, -0.15) is 0 Å². The van der Waals surface area contributed by atoms with Crippen LogP contribution in [0.4, 0.5) is 4.39 Å². The number of aliphatic hydroxyl groups is 1. The van der Waals surface area contributed by atoms with Crippen molar-refractivity contribution in [3.8, 4) is 0 Å². The molecule has 0 bridgehead atoms. The first-order chi connectivity index (χ1) is 9.72. The Morgan fingerprint density at radius 1 is 1.10 bits per heavy atom. The number of hydrogen-bond donors (Lipinski definition) is 2. The molecule has 0 saturated carbocycles. The van der Waals surface area contributed by atoms with E-state index in [1.54, 1.807) is 12.1 Å². The van der Waals surface area contributed by atoms with Crippen LogP contribution in [-0.4, -0.2) is 5.11 Å². The minimum atomic E-state index is -0.204. The fourth-order valence-electron chi connectivity index (χ4n) is 2.30. The Kier molecular flexibility index (Phi) is 5.27. The molecule has 0 fully saturated rings. The van der Waals surface area contributed by atoms with Crippen LogP contribution in [0, 0.1) is 5.82 Å². The first-order valence-corrected chi connectivity index (χ1v) is 6.90. The molecule has 0 radical (unpaired) electrons. The summed E-state index contributed by atoms with van der Waals surface area (Å²) in [6, 6.07) is 14.7. The Hall–Kier alpha value is -1.71. The van der Waals surface area contributed by atoms with E-state index in [-0.39, 0.29) is 18.5 Å². The van der Waals surface area contributed by atoms with Gasteiger partial charge in [-0.1, -0.05) is 43.3 Å². The van der Waals surface area contributed by atoms with Crippen molar-refractivity contribution in [2.24, 2.45) is 0 Å². The smallest absolute Gasteiger partial charge is 0.123 e. The highest BCUT2D eigenvalue weighted by Crippen LogP contribution is 2.18. The van der Waals surface area contributed by atoms with Crippen LogP contribution < -0.4 is 5.32 Å². The van der Waals surface area contributed by atoms with Crippen LogP contribution in [0.3, 0.4) is 0 Å². The van der Waals surface area contributed by atoms with Crippen LogP contribution in [0.5, 0.6) is 0 Å². The average molecular weight is 273 g/mol. The molecule has 2 aromatic carbocycles. The maximum Gasteiger partial charge on any atom is 0.123 e. The largest absolute Gasteiger partial charge is 0.392 e. The third kappa shape index (κ3) is 3.89. The van der Waals surface area contributed by atoms with Gasteiger partial charge in [0.1, 0.15) is 5.82 Å². The predicted molar refractivity (Wildman–Crippen MR) is 78.6 cm³/mol. The van der Waals surface area contributed by atoms with Crippen molar-refractivity contribution in [1.82, 2.24) is 5.32 Å². The first-order valence-electron chi connectivity index (χ1n) is 6.90. The van der Waals surface area contributed by atoms with Gasteiger partial charge < -0.3 is 10.4 Å². The lowest BCUT2D eigenvalue weighted by atomic mass is 10.0. The highest BCUT2D eigenvalue weighted by atomic mass is 19.1. The van der Waals surface area contributed by atoms with Crippen LogP contribution in [0.1, 0.15) is 36.1 Å². The Bertz CT molecular complexity index is 556. The molecular formula is C17H20FNO. The minimum absolute atomic E-state index is 0.0505. The zero-order valence-electron chi connectivity index (χ0n) is 11.6. The molecule has 0 amide bonds. The minimum Gasteiger partial charge on any atom is -0.392 e. The van der Waals surface area contributed by atoms with Gasteiger partial charge in [0.2, 0.25) is 0 Å². The van der Waals surface area contributed by atoms with E-state index in [9.17, 15) is 4.39 Å². The van der Waals surface area contributed by atoms with E-state index in [0.717, 1.165) is 23.1 Å². The van der Waals surface area contributed by atoms with Gasteiger partial charge >= 0.3 is 0 Å². The van der Waals surface area contributed by atoms with Crippen LogP contribution in [-0.2, 0) is 13.2 Å². The molecule has 0 aliphatic carbocycles. The molecule has 2 nitrogen and oxygen atoms in total. The summed E-state index contributed by atoms with van der Waals surface area (Å²) in [6.07, 6.45) is 0.892. The van der Waals surface area contributed by atoms with Gasteiger partial charge in [-0.05, 0) is 35.2 Å². The molecule has 0 aliphatic rings. The molecule has 0 spiro atoms. The van der Waals surface area contributed by atoms with Crippen LogP contribution in [0.15, 0.2) is 48.5 Å². The molecule has 106 valence electrons. The van der Waals surface area contributed by atoms with E-state index in [1.807, 2.05) is 30.3 Å². The van der Waals surface area contributed by atoms with Crippen molar-refractivity contribution < 1.29 is 9.50 Å². The number of halogens is 1. The number of nitrogens with one attached hydrogen (secondary N) is 1. The van der Waals surface area contributed by atoms with E-state index in [1.165, 1.54) is 6.07 Å². The number of rotatable bonds is 6. The third-order valence-electron chi connectivity index (χ3n) is 3.39. The molecule has 0 heterocycles. The van der Waals surface area contributed by atoms with Crippen molar-refractivity contribution in [3.63, 3.8) is 0 Å². The van der Waals surface area contributed by atoms with Crippen LogP contribution in [0.2, 0.25) is 0 Å². The van der Waals surface area contributed by atoms with Gasteiger partial charge in [-0.3, -0.25) is 0 Å². The molecule has 20 heavy (non-hydrogen) atoms. The summed E-state index contributed by atoms with van der Waals surface area (Å²) < 4.78 is 13.3. The van der Waals surface area contributed by atoms with Crippen LogP contribution >= 0.6 is 0 Å². The van der Waals surface area contributed by atoms with Crippen LogP contribution in [0.25, 0.3) is 0 Å². The summed E-state index contributed by atoms with van der Waals surface area (Å²) in [4.78, 5) is 0. The molecule has 2 N–H and O–H groups in total. The van der Waals surface area contributed by atoms with E-state index in [2.05, 4.69) is 12.2 Å². The van der Waals surface area contributed by atoms with Gasteiger partial charge in [0.15, 0.2) is 0 Å². The average Bonchev–Trinajstić information content (AvgIpc) is 2.48. The summed E-state index contributed by atoms with van der Waals surface area (Å²) in [5, 5.41) is 12.6. The van der Waals surface area contributed by atoms with Crippen molar-refractivity contribution in [2.45, 2.75) is 32.5 Å². The normalized spacial score (nSPS) is 12.3. The third-order valence-corrected chi connectivity index (χ3v) is 3.39. The SMILES string of the molecule is CCC(NCc1cccc(CO)c1)c1cccc(F)c1. The summed E-state index contributed by atoms with van der Waals surface area (Å²) in [5.41, 5.74) is 2.99. The molecule has 1 unspecified atom stereocenters. The molecule has 0 aromatic heterocycles. The molecule has 2 rings (SSSR count). The molecule has 0 aliphatic heterocycles. The fraction of sp³-hybridized carbons (Fsp3) is 0.294. The summed E-state index contributed by atoms with van der Waals surface area (Å²) in [7, 11) is 0. The first kappa shape index (κ1) is 14.7. The van der Waals surface area contributed by atoms with Crippen molar-refractivity contribution in [1.29, 1.82) is 0 Å². The molecule has 0 saturated heterocycles. The summed E-state index contributed by atoms with van der Waals surface area (Å²) in [6.45, 7) is 2.82.